The van der Waals surface area contributed by atoms with Crippen LogP contribution in [-0.2, 0) is 6.54 Å². The van der Waals surface area contributed by atoms with Gasteiger partial charge in [-0.2, -0.15) is 0 Å². The standard InChI is InChI=1S/C17H27N3/c1-2-20(12-14-7-9-18-10-8-14)13-16-11-15-5-3-4-6-17(15)19-16/h7-10,15-17,19H,2-6,11-13H2,1H3. The van der Waals surface area contributed by atoms with Crippen LogP contribution < -0.4 is 5.32 Å². The molecule has 110 valence electrons. The minimum absolute atomic E-state index is 0.699. The van der Waals surface area contributed by atoms with Crippen LogP contribution in [0, 0.1) is 5.92 Å². The van der Waals surface area contributed by atoms with Crippen molar-refractivity contribution in [1.82, 2.24) is 15.2 Å². The first kappa shape index (κ1) is 14.0. The Hall–Kier alpha value is -0.930. The van der Waals surface area contributed by atoms with Gasteiger partial charge < -0.3 is 5.32 Å². The molecule has 1 saturated carbocycles. The number of fused-ring (bicyclic) bond motifs is 1. The lowest BCUT2D eigenvalue weighted by Crippen LogP contribution is -2.40. The predicted molar refractivity (Wildman–Crippen MR) is 82.5 cm³/mol. The molecule has 1 N–H and O–H groups in total. The van der Waals surface area contributed by atoms with Crippen molar-refractivity contribution in [2.24, 2.45) is 5.92 Å². The predicted octanol–water partition coefficient (Wildman–Crippen LogP) is 2.82. The monoisotopic (exact) mass is 273 g/mol. The molecular formula is C17H27N3. The Bertz CT molecular complexity index is 392. The van der Waals surface area contributed by atoms with E-state index in [0.29, 0.717) is 6.04 Å². The van der Waals surface area contributed by atoms with E-state index in [4.69, 9.17) is 0 Å². The highest BCUT2D eigenvalue weighted by molar-refractivity contribution is 5.09. The summed E-state index contributed by atoms with van der Waals surface area (Å²) in [7, 11) is 0. The van der Waals surface area contributed by atoms with Crippen molar-refractivity contribution in [2.45, 2.75) is 57.7 Å². The maximum absolute atomic E-state index is 4.10. The smallest absolute Gasteiger partial charge is 0.0271 e. The number of nitrogens with zero attached hydrogens (tertiary/aromatic N) is 2. The van der Waals surface area contributed by atoms with Crippen molar-refractivity contribution in [1.29, 1.82) is 0 Å². The van der Waals surface area contributed by atoms with Gasteiger partial charge in [0.2, 0.25) is 0 Å². The van der Waals surface area contributed by atoms with Crippen LogP contribution in [0.2, 0.25) is 0 Å². The molecule has 1 saturated heterocycles. The molecule has 1 aliphatic heterocycles. The summed E-state index contributed by atoms with van der Waals surface area (Å²) < 4.78 is 0. The number of likely N-dealkylation sites (N-methyl/N-ethyl adjacent to an activating group) is 1. The van der Waals surface area contributed by atoms with Gasteiger partial charge in [-0.3, -0.25) is 9.88 Å². The van der Waals surface area contributed by atoms with Gasteiger partial charge in [-0.1, -0.05) is 19.8 Å². The molecule has 1 aromatic heterocycles. The van der Waals surface area contributed by atoms with E-state index < -0.39 is 0 Å². The highest BCUT2D eigenvalue weighted by atomic mass is 15.2. The van der Waals surface area contributed by atoms with Crippen LogP contribution in [0.15, 0.2) is 24.5 Å². The Balaban J connectivity index is 1.53. The molecule has 2 heterocycles. The fourth-order valence-corrected chi connectivity index (χ4v) is 3.94. The minimum Gasteiger partial charge on any atom is -0.310 e. The fourth-order valence-electron chi connectivity index (χ4n) is 3.94. The summed E-state index contributed by atoms with van der Waals surface area (Å²) in [6.07, 6.45) is 10.9. The zero-order valence-electron chi connectivity index (χ0n) is 12.6. The molecule has 3 heteroatoms. The molecule has 2 aliphatic rings. The first-order valence-electron chi connectivity index (χ1n) is 8.22. The van der Waals surface area contributed by atoms with Crippen LogP contribution in [-0.4, -0.2) is 35.1 Å². The summed E-state index contributed by atoms with van der Waals surface area (Å²) in [5, 5.41) is 3.89. The lowest BCUT2D eigenvalue weighted by Gasteiger charge is -2.25. The SMILES string of the molecule is CCN(Cc1ccncc1)CC1CC2CCCCC2N1. The maximum Gasteiger partial charge on any atom is 0.0271 e. The third-order valence-corrected chi connectivity index (χ3v) is 5.03. The summed E-state index contributed by atoms with van der Waals surface area (Å²) in [6.45, 7) is 5.62. The van der Waals surface area contributed by atoms with Crippen molar-refractivity contribution in [3.05, 3.63) is 30.1 Å². The van der Waals surface area contributed by atoms with Crippen LogP contribution in [0.5, 0.6) is 0 Å². The lowest BCUT2D eigenvalue weighted by atomic mass is 9.85. The zero-order valence-corrected chi connectivity index (χ0v) is 12.6. The highest BCUT2D eigenvalue weighted by Crippen LogP contribution is 2.33. The Morgan fingerprint density at radius 2 is 2.05 bits per heavy atom. The molecule has 3 atom stereocenters. The second kappa shape index (κ2) is 6.68. The van der Waals surface area contributed by atoms with Crippen molar-refractivity contribution < 1.29 is 0 Å². The molecule has 3 rings (SSSR count). The van der Waals surface area contributed by atoms with Gasteiger partial charge in [0.25, 0.3) is 0 Å². The number of pyridine rings is 1. The normalized spacial score (nSPS) is 29.6. The van der Waals surface area contributed by atoms with E-state index in [9.17, 15) is 0 Å². The number of hydrogen-bond donors (Lipinski definition) is 1. The Morgan fingerprint density at radius 1 is 1.25 bits per heavy atom. The summed E-state index contributed by atoms with van der Waals surface area (Å²) in [6, 6.07) is 5.77. The van der Waals surface area contributed by atoms with E-state index in [1.165, 1.54) is 44.2 Å². The van der Waals surface area contributed by atoms with Gasteiger partial charge in [-0.05, 0) is 49.4 Å². The molecular weight excluding hydrogens is 246 g/mol. The van der Waals surface area contributed by atoms with E-state index in [2.05, 4.69) is 34.3 Å². The van der Waals surface area contributed by atoms with Gasteiger partial charge >= 0.3 is 0 Å². The average molecular weight is 273 g/mol. The van der Waals surface area contributed by atoms with Crippen LogP contribution in [0.25, 0.3) is 0 Å². The third-order valence-electron chi connectivity index (χ3n) is 5.03. The van der Waals surface area contributed by atoms with E-state index in [1.807, 2.05) is 12.4 Å². The maximum atomic E-state index is 4.10. The molecule has 0 bridgehead atoms. The van der Waals surface area contributed by atoms with Crippen LogP contribution in [0.4, 0.5) is 0 Å². The Labute approximate surface area is 122 Å². The van der Waals surface area contributed by atoms with Gasteiger partial charge in [-0.15, -0.1) is 0 Å². The van der Waals surface area contributed by atoms with E-state index in [0.717, 1.165) is 25.0 Å². The van der Waals surface area contributed by atoms with Gasteiger partial charge in [0.05, 0.1) is 0 Å². The van der Waals surface area contributed by atoms with E-state index in [-0.39, 0.29) is 0 Å². The molecule has 0 spiro atoms. The Kier molecular flexibility index (Phi) is 4.69. The van der Waals surface area contributed by atoms with Gasteiger partial charge in [-0.25, -0.2) is 0 Å². The van der Waals surface area contributed by atoms with Gasteiger partial charge in [0, 0.05) is 37.6 Å². The summed E-state index contributed by atoms with van der Waals surface area (Å²) in [4.78, 5) is 6.66. The first-order valence-corrected chi connectivity index (χ1v) is 8.22. The zero-order chi connectivity index (χ0) is 13.8. The number of nitrogens with one attached hydrogen (secondary N) is 1. The average Bonchev–Trinajstić information content (AvgIpc) is 2.90. The second-order valence-corrected chi connectivity index (χ2v) is 6.43. The number of hydrogen-bond acceptors (Lipinski definition) is 3. The summed E-state index contributed by atoms with van der Waals surface area (Å²) in [5.41, 5.74) is 1.37. The van der Waals surface area contributed by atoms with Crippen molar-refractivity contribution >= 4 is 0 Å². The topological polar surface area (TPSA) is 28.2 Å². The molecule has 3 nitrogen and oxygen atoms in total. The highest BCUT2D eigenvalue weighted by Gasteiger charge is 2.35. The van der Waals surface area contributed by atoms with Crippen LogP contribution in [0.3, 0.4) is 0 Å². The minimum atomic E-state index is 0.699. The van der Waals surface area contributed by atoms with Crippen molar-refractivity contribution in [3.8, 4) is 0 Å². The van der Waals surface area contributed by atoms with Gasteiger partial charge in [0.15, 0.2) is 0 Å². The molecule has 0 aromatic carbocycles. The molecule has 1 aromatic rings. The fraction of sp³-hybridized carbons (Fsp3) is 0.706. The quantitative estimate of drug-likeness (QED) is 0.894. The van der Waals surface area contributed by atoms with Crippen molar-refractivity contribution in [3.63, 3.8) is 0 Å². The third kappa shape index (κ3) is 3.39. The van der Waals surface area contributed by atoms with E-state index >= 15 is 0 Å². The molecule has 2 fully saturated rings. The van der Waals surface area contributed by atoms with E-state index in [1.54, 1.807) is 0 Å². The van der Waals surface area contributed by atoms with Crippen LogP contribution in [0.1, 0.15) is 44.6 Å². The molecule has 1 aliphatic carbocycles. The first-order chi connectivity index (χ1) is 9.85. The lowest BCUT2D eigenvalue weighted by molar-refractivity contribution is 0.250. The number of rotatable bonds is 5. The molecule has 0 radical (unpaired) electrons. The van der Waals surface area contributed by atoms with Crippen molar-refractivity contribution in [2.75, 3.05) is 13.1 Å². The molecule has 20 heavy (non-hydrogen) atoms. The molecule has 0 amide bonds. The Morgan fingerprint density at radius 3 is 2.80 bits per heavy atom. The second-order valence-electron chi connectivity index (χ2n) is 6.43. The van der Waals surface area contributed by atoms with Gasteiger partial charge in [0.1, 0.15) is 0 Å². The summed E-state index contributed by atoms with van der Waals surface area (Å²) >= 11 is 0. The molecule has 3 unspecified atom stereocenters. The number of aromatic nitrogens is 1. The van der Waals surface area contributed by atoms with Crippen LogP contribution >= 0.6 is 0 Å². The summed E-state index contributed by atoms with van der Waals surface area (Å²) in [5.74, 6) is 0.952. The largest absolute Gasteiger partial charge is 0.310 e.